The number of carbonyl (C=O) groups excluding carboxylic acids is 1. The standard InChI is InChI=1S/C16H30N2O/c17-15(13-14-9-5-4-6-10-14)16(19)18-11-7-2-1-3-8-12-18/h14-15H,1-13,17H2. The summed E-state index contributed by atoms with van der Waals surface area (Å²) in [5.41, 5.74) is 6.18. The zero-order valence-corrected chi connectivity index (χ0v) is 12.3. The molecule has 3 nitrogen and oxygen atoms in total. The van der Waals surface area contributed by atoms with Gasteiger partial charge in [0.25, 0.3) is 0 Å². The Morgan fingerprint density at radius 1 is 0.947 bits per heavy atom. The molecule has 3 heteroatoms. The highest BCUT2D eigenvalue weighted by Gasteiger charge is 2.25. The van der Waals surface area contributed by atoms with Crippen LogP contribution in [0.1, 0.15) is 70.6 Å². The molecule has 0 aromatic carbocycles. The van der Waals surface area contributed by atoms with Crippen LogP contribution in [0, 0.1) is 5.92 Å². The van der Waals surface area contributed by atoms with Crippen molar-refractivity contribution in [1.82, 2.24) is 4.90 Å². The minimum atomic E-state index is -0.248. The normalized spacial score (nSPS) is 24.6. The fourth-order valence-corrected chi connectivity index (χ4v) is 3.59. The summed E-state index contributed by atoms with van der Waals surface area (Å²) in [6, 6.07) is -0.248. The smallest absolute Gasteiger partial charge is 0.239 e. The van der Waals surface area contributed by atoms with Gasteiger partial charge in [-0.25, -0.2) is 0 Å². The molecule has 1 heterocycles. The molecule has 1 saturated heterocycles. The number of nitrogens with zero attached hydrogens (tertiary/aromatic N) is 1. The minimum absolute atomic E-state index is 0.215. The summed E-state index contributed by atoms with van der Waals surface area (Å²) in [5.74, 6) is 0.912. The second kappa shape index (κ2) is 7.88. The number of hydrogen-bond acceptors (Lipinski definition) is 2. The lowest BCUT2D eigenvalue weighted by molar-refractivity contribution is -0.133. The van der Waals surface area contributed by atoms with Crippen LogP contribution >= 0.6 is 0 Å². The first-order valence-electron chi connectivity index (χ1n) is 8.32. The molecule has 0 aromatic rings. The Hall–Kier alpha value is -0.570. The first kappa shape index (κ1) is 14.8. The van der Waals surface area contributed by atoms with Crippen LogP contribution in [0.5, 0.6) is 0 Å². The number of carbonyl (C=O) groups is 1. The predicted molar refractivity (Wildman–Crippen MR) is 78.8 cm³/mol. The highest BCUT2D eigenvalue weighted by atomic mass is 16.2. The molecule has 1 unspecified atom stereocenters. The Balaban J connectivity index is 1.79. The second-order valence-corrected chi connectivity index (χ2v) is 6.44. The molecule has 2 N–H and O–H groups in total. The van der Waals surface area contributed by atoms with E-state index in [1.807, 2.05) is 4.90 Å². The van der Waals surface area contributed by atoms with Gasteiger partial charge in [-0.2, -0.15) is 0 Å². The van der Waals surface area contributed by atoms with Crippen LogP contribution in [-0.4, -0.2) is 29.9 Å². The van der Waals surface area contributed by atoms with Gasteiger partial charge in [-0.05, 0) is 25.2 Å². The van der Waals surface area contributed by atoms with Crippen molar-refractivity contribution in [2.24, 2.45) is 11.7 Å². The molecule has 1 aliphatic carbocycles. The van der Waals surface area contributed by atoms with Gasteiger partial charge in [0.2, 0.25) is 5.91 Å². The highest BCUT2D eigenvalue weighted by molar-refractivity contribution is 5.81. The van der Waals surface area contributed by atoms with Crippen molar-refractivity contribution in [2.75, 3.05) is 13.1 Å². The Labute approximate surface area is 117 Å². The molecule has 110 valence electrons. The highest BCUT2D eigenvalue weighted by Crippen LogP contribution is 2.27. The van der Waals surface area contributed by atoms with Crippen molar-refractivity contribution in [3.05, 3.63) is 0 Å². The lowest BCUT2D eigenvalue weighted by Gasteiger charge is -2.30. The molecule has 1 amide bonds. The van der Waals surface area contributed by atoms with E-state index in [0.29, 0.717) is 5.92 Å². The maximum Gasteiger partial charge on any atom is 0.239 e. The molecule has 0 aromatic heterocycles. The van der Waals surface area contributed by atoms with E-state index >= 15 is 0 Å². The summed E-state index contributed by atoms with van der Waals surface area (Å²) >= 11 is 0. The lowest BCUT2D eigenvalue weighted by Crippen LogP contribution is -2.45. The first-order valence-corrected chi connectivity index (χ1v) is 8.32. The van der Waals surface area contributed by atoms with Gasteiger partial charge >= 0.3 is 0 Å². The fourth-order valence-electron chi connectivity index (χ4n) is 3.59. The molecule has 0 radical (unpaired) electrons. The summed E-state index contributed by atoms with van der Waals surface area (Å²) in [5, 5.41) is 0. The van der Waals surface area contributed by atoms with Crippen LogP contribution in [0.25, 0.3) is 0 Å². The molecular formula is C16H30N2O. The van der Waals surface area contributed by atoms with Gasteiger partial charge in [0.15, 0.2) is 0 Å². The van der Waals surface area contributed by atoms with E-state index in [9.17, 15) is 4.79 Å². The maximum absolute atomic E-state index is 12.4. The third-order valence-corrected chi connectivity index (χ3v) is 4.80. The molecule has 0 spiro atoms. The third-order valence-electron chi connectivity index (χ3n) is 4.80. The number of amides is 1. The van der Waals surface area contributed by atoms with E-state index in [1.54, 1.807) is 0 Å². The summed E-state index contributed by atoms with van der Waals surface area (Å²) in [4.78, 5) is 14.5. The Morgan fingerprint density at radius 2 is 1.47 bits per heavy atom. The Bertz CT molecular complexity index is 266. The minimum Gasteiger partial charge on any atom is -0.341 e. The van der Waals surface area contributed by atoms with Crippen molar-refractivity contribution < 1.29 is 4.79 Å². The largest absolute Gasteiger partial charge is 0.341 e. The summed E-state index contributed by atoms with van der Waals surface area (Å²) in [6.45, 7) is 1.86. The van der Waals surface area contributed by atoms with Crippen LogP contribution in [0.15, 0.2) is 0 Å². The van der Waals surface area contributed by atoms with Gasteiger partial charge in [-0.3, -0.25) is 4.79 Å². The summed E-state index contributed by atoms with van der Waals surface area (Å²) < 4.78 is 0. The average molecular weight is 266 g/mol. The number of hydrogen-bond donors (Lipinski definition) is 1. The van der Waals surface area contributed by atoms with Gasteiger partial charge in [0.05, 0.1) is 6.04 Å². The molecule has 2 aliphatic rings. The van der Waals surface area contributed by atoms with Gasteiger partial charge in [0.1, 0.15) is 0 Å². The molecule has 2 fully saturated rings. The molecule has 2 rings (SSSR count). The van der Waals surface area contributed by atoms with Crippen molar-refractivity contribution in [1.29, 1.82) is 0 Å². The first-order chi connectivity index (χ1) is 9.27. The third kappa shape index (κ3) is 4.79. The molecule has 1 aliphatic heterocycles. The van der Waals surface area contributed by atoms with E-state index in [-0.39, 0.29) is 11.9 Å². The van der Waals surface area contributed by atoms with E-state index in [4.69, 9.17) is 5.73 Å². The predicted octanol–water partition coefficient (Wildman–Crippen LogP) is 3.08. The van der Waals surface area contributed by atoms with Gasteiger partial charge in [-0.15, -0.1) is 0 Å². The van der Waals surface area contributed by atoms with Gasteiger partial charge < -0.3 is 10.6 Å². The Morgan fingerprint density at radius 3 is 2.11 bits per heavy atom. The SMILES string of the molecule is NC(CC1CCCCC1)C(=O)N1CCCCCCC1. The number of nitrogens with two attached hydrogens (primary N) is 1. The van der Waals surface area contributed by atoms with E-state index in [2.05, 4.69) is 0 Å². The van der Waals surface area contributed by atoms with Crippen LogP contribution in [-0.2, 0) is 4.79 Å². The molecule has 19 heavy (non-hydrogen) atoms. The van der Waals surface area contributed by atoms with Crippen LogP contribution in [0.2, 0.25) is 0 Å². The number of rotatable bonds is 3. The van der Waals surface area contributed by atoms with Crippen molar-refractivity contribution in [3.63, 3.8) is 0 Å². The van der Waals surface area contributed by atoms with E-state index in [1.165, 1.54) is 51.4 Å². The zero-order chi connectivity index (χ0) is 13.5. The summed E-state index contributed by atoms with van der Waals surface area (Å²) in [6.07, 6.45) is 13.7. The second-order valence-electron chi connectivity index (χ2n) is 6.44. The van der Waals surface area contributed by atoms with Gasteiger partial charge in [0, 0.05) is 13.1 Å². The number of likely N-dealkylation sites (tertiary alicyclic amines) is 1. The monoisotopic (exact) mass is 266 g/mol. The average Bonchev–Trinajstić information content (AvgIpc) is 2.39. The molecule has 0 bridgehead atoms. The quantitative estimate of drug-likeness (QED) is 0.853. The molecular weight excluding hydrogens is 236 g/mol. The van der Waals surface area contributed by atoms with Crippen molar-refractivity contribution in [2.45, 2.75) is 76.7 Å². The molecule has 1 saturated carbocycles. The van der Waals surface area contributed by atoms with Gasteiger partial charge in [-0.1, -0.05) is 51.4 Å². The van der Waals surface area contributed by atoms with Crippen molar-refractivity contribution >= 4 is 5.91 Å². The summed E-state index contributed by atoms with van der Waals surface area (Å²) in [7, 11) is 0. The van der Waals surface area contributed by atoms with Crippen molar-refractivity contribution in [3.8, 4) is 0 Å². The van der Waals surface area contributed by atoms with Crippen LogP contribution < -0.4 is 5.73 Å². The lowest BCUT2D eigenvalue weighted by atomic mass is 9.84. The van der Waals surface area contributed by atoms with Crippen LogP contribution in [0.3, 0.4) is 0 Å². The van der Waals surface area contributed by atoms with E-state index < -0.39 is 0 Å². The van der Waals surface area contributed by atoms with E-state index in [0.717, 1.165) is 32.4 Å². The topological polar surface area (TPSA) is 46.3 Å². The maximum atomic E-state index is 12.4. The van der Waals surface area contributed by atoms with Crippen LogP contribution in [0.4, 0.5) is 0 Å². The fraction of sp³-hybridized carbons (Fsp3) is 0.938. The zero-order valence-electron chi connectivity index (χ0n) is 12.3. The molecule has 1 atom stereocenters. The Kier molecular flexibility index (Phi) is 6.15.